The van der Waals surface area contributed by atoms with Crippen LogP contribution in [0.25, 0.3) is 279 Å². The number of hydrogen-bond acceptors (Lipinski definition) is 1. The van der Waals surface area contributed by atoms with E-state index in [0.717, 1.165) is 33.2 Å². The van der Waals surface area contributed by atoms with Crippen molar-refractivity contribution in [3.05, 3.63) is 479 Å². The van der Waals surface area contributed by atoms with Crippen molar-refractivity contribution in [1.29, 1.82) is 0 Å². The van der Waals surface area contributed by atoms with Crippen molar-refractivity contribution < 1.29 is 4.42 Å². The van der Waals surface area contributed by atoms with Crippen LogP contribution in [0, 0.1) is 0 Å². The van der Waals surface area contributed by atoms with Gasteiger partial charge in [-0.1, -0.05) is 382 Å². The van der Waals surface area contributed by atoms with E-state index in [4.69, 9.17) is 4.42 Å². The van der Waals surface area contributed by atoms with Crippen LogP contribution in [0.15, 0.2) is 484 Å². The van der Waals surface area contributed by atoms with E-state index in [0.29, 0.717) is 0 Å². The van der Waals surface area contributed by atoms with Gasteiger partial charge in [-0.3, -0.25) is 0 Å². The molecule has 4 heterocycles. The van der Waals surface area contributed by atoms with E-state index in [1.807, 2.05) is 0 Å². The molecule has 0 saturated heterocycles. The highest BCUT2D eigenvalue weighted by Crippen LogP contribution is 2.49. The lowest BCUT2D eigenvalue weighted by atomic mass is 9.87. The molecule has 0 radical (unpaired) electrons. The van der Waals surface area contributed by atoms with Crippen molar-refractivity contribution in [1.82, 2.24) is 13.7 Å². The van der Waals surface area contributed by atoms with Crippen LogP contribution in [0.1, 0.15) is 0 Å². The second-order valence-corrected chi connectivity index (χ2v) is 36.0. The Hall–Kier alpha value is -17.7. The van der Waals surface area contributed by atoms with Crippen molar-refractivity contribution in [3.63, 3.8) is 0 Å². The fourth-order valence-corrected chi connectivity index (χ4v) is 22.7. The van der Waals surface area contributed by atoms with E-state index < -0.39 is 0 Å². The molecule has 0 aliphatic rings. The number of fused-ring (bicyclic) bond motifs is 13. The Kier molecular flexibility index (Phi) is 16.8. The molecule has 0 aliphatic heterocycles. The number of para-hydroxylation sites is 6. The third-order valence-corrected chi connectivity index (χ3v) is 28.8. The molecular formula is C130H79N3O. The topological polar surface area (TPSA) is 27.9 Å². The predicted molar refractivity (Wildman–Crippen MR) is 571 cm³/mol. The quantitative estimate of drug-likeness (QED) is 0.132. The zero-order valence-electron chi connectivity index (χ0n) is 72.9. The SMILES string of the molecule is c1cc2ccc3ccc(-c4ccc(-c5ccc(-n6c7ccccc7c7ccccc76)cc5)cc4)c4ccc(c1)c2c34.c1ccc(-c2ccc3ccc4c(-c5ccc6c(c5)oc5cc(-n7c8ccccc8c8ccccc87)ccc56)ccc5ccc2c3c54)cc1.c1ccc(-c2ccc3ccc4c(-c5ccc6cc(-n7c8ccccc8c8ccccc87)ccc6c5)ccc5ccc2c3c54)cc1. The van der Waals surface area contributed by atoms with E-state index in [9.17, 15) is 0 Å². The fourth-order valence-electron chi connectivity index (χ4n) is 22.7. The molecule has 30 rings (SSSR count). The van der Waals surface area contributed by atoms with Gasteiger partial charge in [-0.05, 0) is 265 Å². The van der Waals surface area contributed by atoms with Gasteiger partial charge in [0.2, 0.25) is 0 Å². The molecule has 0 fully saturated rings. The summed E-state index contributed by atoms with van der Waals surface area (Å²) in [6.45, 7) is 0. The molecule has 0 spiro atoms. The molecule has 134 heavy (non-hydrogen) atoms. The summed E-state index contributed by atoms with van der Waals surface area (Å²) < 4.78 is 13.8. The first-order valence-corrected chi connectivity index (χ1v) is 46.3. The summed E-state index contributed by atoms with van der Waals surface area (Å²) in [6, 6.07) is 175. The van der Waals surface area contributed by atoms with Gasteiger partial charge in [0.25, 0.3) is 0 Å². The summed E-state index contributed by atoms with van der Waals surface area (Å²) in [5, 5.41) is 36.0. The van der Waals surface area contributed by atoms with Gasteiger partial charge in [-0.2, -0.15) is 0 Å². The summed E-state index contributed by atoms with van der Waals surface area (Å²) in [5.41, 5.74) is 27.5. The minimum atomic E-state index is 0.894. The van der Waals surface area contributed by atoms with E-state index in [-0.39, 0.29) is 0 Å². The Labute approximate surface area is 770 Å². The molecular weight excluding hydrogens is 1620 g/mol. The number of rotatable bonds is 9. The Morgan fingerprint density at radius 3 is 0.791 bits per heavy atom. The molecule has 30 aromatic rings. The second-order valence-electron chi connectivity index (χ2n) is 36.0. The highest BCUT2D eigenvalue weighted by Gasteiger charge is 2.23. The molecule has 0 amide bonds. The highest BCUT2D eigenvalue weighted by atomic mass is 16.3. The van der Waals surface area contributed by atoms with Gasteiger partial charge in [0.1, 0.15) is 11.2 Å². The van der Waals surface area contributed by atoms with Crippen molar-refractivity contribution in [2.75, 3.05) is 0 Å². The van der Waals surface area contributed by atoms with Crippen LogP contribution in [-0.2, 0) is 0 Å². The van der Waals surface area contributed by atoms with Gasteiger partial charge in [0, 0.05) is 66.2 Å². The van der Waals surface area contributed by atoms with Crippen LogP contribution in [-0.4, -0.2) is 13.7 Å². The van der Waals surface area contributed by atoms with Gasteiger partial charge >= 0.3 is 0 Å². The summed E-state index contributed by atoms with van der Waals surface area (Å²) >= 11 is 0. The minimum Gasteiger partial charge on any atom is -0.456 e. The maximum Gasteiger partial charge on any atom is 0.137 e. The van der Waals surface area contributed by atoms with Gasteiger partial charge in [0.05, 0.1) is 33.1 Å². The van der Waals surface area contributed by atoms with Crippen LogP contribution < -0.4 is 0 Å². The Morgan fingerprint density at radius 1 is 0.127 bits per heavy atom. The van der Waals surface area contributed by atoms with Gasteiger partial charge in [-0.15, -0.1) is 0 Å². The summed E-state index contributed by atoms with van der Waals surface area (Å²) in [7, 11) is 0. The molecule has 4 nitrogen and oxygen atoms in total. The first-order valence-electron chi connectivity index (χ1n) is 46.3. The minimum absolute atomic E-state index is 0.894. The number of furan rings is 1. The average Bonchev–Trinajstić information content (AvgIpc) is 1.19. The first kappa shape index (κ1) is 75.3. The zero-order valence-corrected chi connectivity index (χ0v) is 72.9. The maximum atomic E-state index is 6.65. The lowest BCUT2D eigenvalue weighted by molar-refractivity contribution is 0.669. The summed E-state index contributed by atoms with van der Waals surface area (Å²) in [4.78, 5) is 0. The molecule has 4 heteroatoms. The van der Waals surface area contributed by atoms with Gasteiger partial charge in [0.15, 0.2) is 0 Å². The van der Waals surface area contributed by atoms with Crippen LogP contribution in [0.3, 0.4) is 0 Å². The van der Waals surface area contributed by atoms with Crippen molar-refractivity contribution >= 4 is 195 Å². The second kappa shape index (κ2) is 29.9. The number of aromatic nitrogens is 3. The Bertz CT molecular complexity index is 9830. The molecule has 0 saturated carbocycles. The van der Waals surface area contributed by atoms with Gasteiger partial charge < -0.3 is 18.1 Å². The number of hydrogen-bond donors (Lipinski definition) is 0. The third kappa shape index (κ3) is 11.8. The molecule has 26 aromatic carbocycles. The van der Waals surface area contributed by atoms with E-state index >= 15 is 0 Å². The smallest absolute Gasteiger partial charge is 0.137 e. The van der Waals surface area contributed by atoms with Gasteiger partial charge in [-0.25, -0.2) is 0 Å². The summed E-state index contributed by atoms with van der Waals surface area (Å²) in [6.07, 6.45) is 0. The molecule has 620 valence electrons. The average molecular weight is 1700 g/mol. The van der Waals surface area contributed by atoms with E-state index in [2.05, 4.69) is 493 Å². The van der Waals surface area contributed by atoms with E-state index in [1.165, 1.54) is 246 Å². The number of nitrogens with zero attached hydrogens (tertiary/aromatic N) is 3. The Balaban J connectivity index is 0.000000100. The molecule has 0 unspecified atom stereocenters. The lowest BCUT2D eigenvalue weighted by Crippen LogP contribution is -1.93. The zero-order chi connectivity index (χ0) is 87.7. The van der Waals surface area contributed by atoms with Crippen LogP contribution >= 0.6 is 0 Å². The van der Waals surface area contributed by atoms with Crippen molar-refractivity contribution in [3.8, 4) is 83.8 Å². The maximum absolute atomic E-state index is 6.65. The third-order valence-electron chi connectivity index (χ3n) is 28.8. The molecule has 4 aromatic heterocycles. The number of benzene rings is 26. The van der Waals surface area contributed by atoms with E-state index in [1.54, 1.807) is 0 Å². The lowest BCUT2D eigenvalue weighted by Gasteiger charge is -2.17. The predicted octanol–water partition coefficient (Wildman–Crippen LogP) is 36.1. The van der Waals surface area contributed by atoms with Crippen LogP contribution in [0.4, 0.5) is 0 Å². The fraction of sp³-hybridized carbons (Fsp3) is 0. The van der Waals surface area contributed by atoms with Crippen molar-refractivity contribution in [2.45, 2.75) is 0 Å². The van der Waals surface area contributed by atoms with Crippen LogP contribution in [0.5, 0.6) is 0 Å². The largest absolute Gasteiger partial charge is 0.456 e. The summed E-state index contributed by atoms with van der Waals surface area (Å²) in [5.74, 6) is 0. The van der Waals surface area contributed by atoms with Crippen LogP contribution in [0.2, 0.25) is 0 Å². The molecule has 0 bridgehead atoms. The standard InChI is InChI=1S/C46H27NO.C44H27N.C40H25N/c1-2-8-28(9-3-1)33-20-14-29-17-24-40-34(21-15-30-16-23-39(33)45(29)46(30)40)31-18-22-37-38-25-19-32(27-44(38)48-43(37)26-31)47-41-12-6-4-10-35(41)36-11-5-7-13-42(36)47;1-2-8-28(9-3-1)35-22-17-29-20-25-40-36(23-18-30-19-24-39(35)43(29)44(30)40)33-15-14-32-27-34(21-16-31(32)26-33)45-41-12-6-4-10-37(41)38-11-5-7-13-42(38)45;1-3-10-37-34(8-1)35-9-2-4-11-38(35)41(37)32-22-18-27(19-23-32)26-12-14-28(15-13-26)33-24-20-31-17-16-29-6-5-7-30-21-25-36(33)40(31)39(29)30/h1-27H;1-27H;1-25H. The monoisotopic (exact) mass is 1700 g/mol. The molecule has 0 N–H and O–H groups in total. The Morgan fingerprint density at radius 2 is 0.373 bits per heavy atom. The normalized spacial score (nSPS) is 12.0. The first-order chi connectivity index (χ1) is 66.4. The molecule has 0 aliphatic carbocycles. The molecule has 0 atom stereocenters. The highest BCUT2D eigenvalue weighted by molar-refractivity contribution is 6.31. The van der Waals surface area contributed by atoms with Crippen molar-refractivity contribution in [2.24, 2.45) is 0 Å².